The summed E-state index contributed by atoms with van der Waals surface area (Å²) >= 11 is 0. The van der Waals surface area contributed by atoms with Crippen LogP contribution < -0.4 is 4.74 Å². The van der Waals surface area contributed by atoms with E-state index in [2.05, 4.69) is 11.7 Å². The van der Waals surface area contributed by atoms with E-state index in [9.17, 15) is 39.5 Å². The lowest BCUT2D eigenvalue weighted by atomic mass is 9.68. The summed E-state index contributed by atoms with van der Waals surface area (Å²) in [6.07, 6.45) is -1.03. The molecule has 0 unspecified atom stereocenters. The fraction of sp³-hybridized carbons (Fsp3) is 0.571. The third-order valence-electron chi connectivity index (χ3n) is 8.28. The van der Waals surface area contributed by atoms with E-state index in [1.54, 1.807) is 0 Å². The quantitative estimate of drug-likeness (QED) is 0.324. The van der Waals surface area contributed by atoms with Crippen LogP contribution in [0.5, 0.6) is 5.75 Å². The molecular formula is C28H29F9O. The molecule has 0 atom stereocenters. The maximum absolute atomic E-state index is 14.8. The first kappa shape index (κ1) is 28.6. The van der Waals surface area contributed by atoms with Crippen molar-refractivity contribution in [1.82, 2.24) is 0 Å². The highest BCUT2D eigenvalue weighted by Gasteiger charge is 2.43. The van der Waals surface area contributed by atoms with E-state index < -0.39 is 52.4 Å². The van der Waals surface area contributed by atoms with E-state index in [4.69, 9.17) is 0 Å². The number of hydrogen-bond donors (Lipinski definition) is 0. The predicted octanol–water partition coefficient (Wildman–Crippen LogP) is 9.88. The minimum atomic E-state index is -5.42. The number of rotatable bonds is 6. The van der Waals surface area contributed by atoms with E-state index in [0.717, 1.165) is 30.9 Å². The lowest BCUT2D eigenvalue weighted by Crippen LogP contribution is -2.27. The maximum atomic E-state index is 14.8. The number of benzene rings is 2. The van der Waals surface area contributed by atoms with Gasteiger partial charge >= 0.3 is 12.3 Å². The van der Waals surface area contributed by atoms with Gasteiger partial charge in [-0.2, -0.15) is 22.0 Å². The molecule has 38 heavy (non-hydrogen) atoms. The first-order valence-electron chi connectivity index (χ1n) is 12.9. The van der Waals surface area contributed by atoms with Gasteiger partial charge in [0.05, 0.1) is 0 Å². The average molecular weight is 553 g/mol. The smallest absolute Gasteiger partial charge is 0.429 e. The van der Waals surface area contributed by atoms with E-state index in [-0.39, 0.29) is 23.6 Å². The normalized spacial score (nSPS) is 24.9. The molecule has 0 aromatic heterocycles. The van der Waals surface area contributed by atoms with E-state index in [1.165, 1.54) is 32.1 Å². The molecule has 0 bridgehead atoms. The largest absolute Gasteiger partial charge is 0.432 e. The van der Waals surface area contributed by atoms with Crippen LogP contribution in [-0.2, 0) is 12.3 Å². The zero-order valence-corrected chi connectivity index (χ0v) is 20.8. The molecule has 2 fully saturated rings. The first-order valence-corrected chi connectivity index (χ1v) is 12.9. The second-order valence-electron chi connectivity index (χ2n) is 10.5. The topological polar surface area (TPSA) is 9.23 Å². The van der Waals surface area contributed by atoms with Gasteiger partial charge in [0.15, 0.2) is 0 Å². The number of ether oxygens (including phenoxy) is 1. The van der Waals surface area contributed by atoms with Crippen LogP contribution in [0.2, 0.25) is 0 Å². The summed E-state index contributed by atoms with van der Waals surface area (Å²) in [5, 5.41) is 0. The SMILES string of the molecule is CCC1CCC(C2CCC(c3cc(F)c(C(F)(F)Oc4cc(F)c(C(F)(F)F)c(F)c4)c(F)c3)CC2)CC1. The highest BCUT2D eigenvalue weighted by molar-refractivity contribution is 5.35. The van der Waals surface area contributed by atoms with Crippen LogP contribution in [0.25, 0.3) is 0 Å². The lowest BCUT2D eigenvalue weighted by molar-refractivity contribution is -0.189. The van der Waals surface area contributed by atoms with Crippen LogP contribution in [0.1, 0.15) is 87.3 Å². The number of hydrogen-bond acceptors (Lipinski definition) is 1. The van der Waals surface area contributed by atoms with E-state index in [1.807, 2.05) is 0 Å². The Bertz CT molecular complexity index is 1080. The lowest BCUT2D eigenvalue weighted by Gasteiger charge is -2.38. The van der Waals surface area contributed by atoms with E-state index in [0.29, 0.717) is 24.7 Å². The van der Waals surface area contributed by atoms with Gasteiger partial charge in [0.2, 0.25) is 0 Å². The Kier molecular flexibility index (Phi) is 8.28. The summed E-state index contributed by atoms with van der Waals surface area (Å²) in [7, 11) is 0. The van der Waals surface area contributed by atoms with Crippen LogP contribution in [0, 0.1) is 41.0 Å². The summed E-state index contributed by atoms with van der Waals surface area (Å²) in [4.78, 5) is 0. The minimum absolute atomic E-state index is 0.114. The monoisotopic (exact) mass is 552 g/mol. The van der Waals surface area contributed by atoms with Crippen LogP contribution >= 0.6 is 0 Å². The molecular weight excluding hydrogens is 523 g/mol. The van der Waals surface area contributed by atoms with Crippen molar-refractivity contribution >= 4 is 0 Å². The Morgan fingerprint density at radius 1 is 0.658 bits per heavy atom. The molecule has 0 N–H and O–H groups in total. The second-order valence-corrected chi connectivity index (χ2v) is 10.5. The van der Waals surface area contributed by atoms with Crippen molar-refractivity contribution in [3.05, 3.63) is 64.2 Å². The second kappa shape index (κ2) is 11.0. The van der Waals surface area contributed by atoms with Gasteiger partial charge in [0.25, 0.3) is 0 Å². The van der Waals surface area contributed by atoms with Crippen molar-refractivity contribution in [2.45, 2.75) is 82.9 Å². The van der Waals surface area contributed by atoms with E-state index >= 15 is 0 Å². The Balaban J connectivity index is 1.46. The van der Waals surface area contributed by atoms with Crippen molar-refractivity contribution in [1.29, 1.82) is 0 Å². The molecule has 2 aromatic rings. The third-order valence-corrected chi connectivity index (χ3v) is 8.28. The van der Waals surface area contributed by atoms with Crippen molar-refractivity contribution in [2.75, 3.05) is 0 Å². The molecule has 4 rings (SSSR count). The maximum Gasteiger partial charge on any atom is 0.432 e. The molecule has 10 heteroatoms. The summed E-state index contributed by atoms with van der Waals surface area (Å²) in [6, 6.07) is 1.39. The molecule has 2 saturated carbocycles. The average Bonchev–Trinajstić information content (AvgIpc) is 2.82. The van der Waals surface area contributed by atoms with Gasteiger partial charge in [0.1, 0.15) is 40.1 Å². The van der Waals surface area contributed by atoms with Gasteiger partial charge in [-0.15, -0.1) is 0 Å². The van der Waals surface area contributed by atoms with Gasteiger partial charge in [-0.05, 0) is 79.9 Å². The Morgan fingerprint density at radius 3 is 1.55 bits per heavy atom. The third kappa shape index (κ3) is 6.09. The summed E-state index contributed by atoms with van der Waals surface area (Å²) in [6.45, 7) is 2.20. The molecule has 2 aliphatic rings. The fourth-order valence-corrected chi connectivity index (χ4v) is 6.18. The van der Waals surface area contributed by atoms with Gasteiger partial charge in [-0.3, -0.25) is 0 Å². The summed E-state index contributed by atoms with van der Waals surface area (Å²) in [5.41, 5.74) is -3.85. The molecule has 0 saturated heterocycles. The first-order chi connectivity index (χ1) is 17.8. The minimum Gasteiger partial charge on any atom is -0.429 e. The predicted molar refractivity (Wildman–Crippen MR) is 123 cm³/mol. The van der Waals surface area contributed by atoms with Crippen LogP contribution in [0.4, 0.5) is 39.5 Å². The van der Waals surface area contributed by atoms with Crippen molar-refractivity contribution in [3.8, 4) is 5.75 Å². The molecule has 0 heterocycles. The van der Waals surface area contributed by atoms with Gasteiger partial charge in [-0.1, -0.05) is 26.2 Å². The van der Waals surface area contributed by atoms with Crippen LogP contribution in [0.15, 0.2) is 24.3 Å². The molecule has 0 radical (unpaired) electrons. The number of alkyl halides is 5. The van der Waals surface area contributed by atoms with Crippen molar-refractivity contribution in [2.24, 2.45) is 17.8 Å². The highest BCUT2D eigenvalue weighted by atomic mass is 19.4. The molecule has 2 aromatic carbocycles. The Hall–Kier alpha value is -2.39. The number of halogens is 9. The Morgan fingerprint density at radius 2 is 1.11 bits per heavy atom. The van der Waals surface area contributed by atoms with Crippen molar-refractivity contribution in [3.63, 3.8) is 0 Å². The Labute approximate surface area is 215 Å². The van der Waals surface area contributed by atoms with Gasteiger partial charge in [0, 0.05) is 12.1 Å². The molecule has 0 amide bonds. The summed E-state index contributed by atoms with van der Waals surface area (Å²) in [5.74, 6) is -7.22. The van der Waals surface area contributed by atoms with Crippen LogP contribution in [-0.4, -0.2) is 0 Å². The molecule has 210 valence electrons. The van der Waals surface area contributed by atoms with Gasteiger partial charge in [-0.25, -0.2) is 17.6 Å². The molecule has 0 spiro atoms. The molecule has 0 aliphatic heterocycles. The fourth-order valence-electron chi connectivity index (χ4n) is 6.18. The highest BCUT2D eigenvalue weighted by Crippen LogP contribution is 2.45. The zero-order chi connectivity index (χ0) is 27.8. The van der Waals surface area contributed by atoms with Crippen LogP contribution in [0.3, 0.4) is 0 Å². The standard InChI is InChI=1S/C28H29F9O/c1-2-15-3-5-16(6-4-15)17-7-9-18(10-8-17)19-11-21(29)26(22(30)12-19)28(36,37)38-20-13-23(31)25(24(32)14-20)27(33,34)35/h11-18H,2-10H2,1H3. The zero-order valence-electron chi connectivity index (χ0n) is 20.8. The van der Waals surface area contributed by atoms with Gasteiger partial charge < -0.3 is 4.74 Å². The molecule has 2 aliphatic carbocycles. The molecule has 1 nitrogen and oxygen atoms in total. The summed E-state index contributed by atoms with van der Waals surface area (Å²) < 4.78 is 129. The van der Waals surface area contributed by atoms with Crippen molar-refractivity contribution < 1.29 is 44.3 Å².